The van der Waals surface area contributed by atoms with E-state index in [9.17, 15) is 15.0 Å². The van der Waals surface area contributed by atoms with Gasteiger partial charge in [0.2, 0.25) is 0 Å². The number of carbonyl (C=O) groups is 1. The summed E-state index contributed by atoms with van der Waals surface area (Å²) in [5, 5.41) is 23.3. The highest BCUT2D eigenvalue weighted by atomic mass is 16.3. The summed E-state index contributed by atoms with van der Waals surface area (Å²) in [7, 11) is 0. The summed E-state index contributed by atoms with van der Waals surface area (Å²) in [6.45, 7) is 0. The Morgan fingerprint density at radius 2 is 1.88 bits per heavy atom. The van der Waals surface area contributed by atoms with Crippen molar-refractivity contribution in [2.45, 2.75) is 25.3 Å². The number of aromatic hydroxyl groups is 2. The van der Waals surface area contributed by atoms with Crippen LogP contribution in [0.3, 0.4) is 0 Å². The van der Waals surface area contributed by atoms with Crippen molar-refractivity contribution >= 4 is 16.8 Å². The number of amides is 1. The van der Waals surface area contributed by atoms with Crippen LogP contribution in [0, 0.1) is 0 Å². The van der Waals surface area contributed by atoms with E-state index < -0.39 is 0 Å². The molecule has 1 heterocycles. The molecule has 1 aliphatic carbocycles. The van der Waals surface area contributed by atoms with E-state index in [-0.39, 0.29) is 29.0 Å². The van der Waals surface area contributed by atoms with Crippen molar-refractivity contribution < 1.29 is 15.0 Å². The first-order valence-corrected chi connectivity index (χ1v) is 8.02. The Morgan fingerprint density at radius 3 is 2.67 bits per heavy atom. The van der Waals surface area contributed by atoms with Crippen LogP contribution in [-0.4, -0.2) is 27.1 Å². The van der Waals surface area contributed by atoms with Crippen LogP contribution in [0.25, 0.3) is 10.9 Å². The van der Waals surface area contributed by atoms with E-state index >= 15 is 0 Å². The first kappa shape index (κ1) is 14.6. The Hall–Kier alpha value is -2.95. The van der Waals surface area contributed by atoms with Gasteiger partial charge in [0, 0.05) is 40.7 Å². The monoisotopic (exact) mass is 322 g/mol. The normalized spacial score (nSPS) is 16.8. The zero-order valence-electron chi connectivity index (χ0n) is 13.0. The quantitative estimate of drug-likeness (QED) is 0.585. The number of H-pyrrole nitrogens is 1. The molecule has 0 saturated carbocycles. The van der Waals surface area contributed by atoms with E-state index in [1.165, 1.54) is 34.8 Å². The van der Waals surface area contributed by atoms with Crippen molar-refractivity contribution in [1.29, 1.82) is 0 Å². The molecular formula is C19H18N2O3. The van der Waals surface area contributed by atoms with Gasteiger partial charge in [-0.3, -0.25) is 4.79 Å². The van der Waals surface area contributed by atoms with Crippen LogP contribution < -0.4 is 5.32 Å². The van der Waals surface area contributed by atoms with E-state index in [1.807, 2.05) is 12.1 Å². The van der Waals surface area contributed by atoms with Gasteiger partial charge in [-0.05, 0) is 36.6 Å². The Kier molecular flexibility index (Phi) is 3.41. The van der Waals surface area contributed by atoms with Gasteiger partial charge < -0.3 is 20.5 Å². The minimum Gasteiger partial charge on any atom is -0.508 e. The Labute approximate surface area is 138 Å². The predicted molar refractivity (Wildman–Crippen MR) is 91.3 cm³/mol. The Balaban J connectivity index is 1.53. The molecule has 5 nitrogen and oxygen atoms in total. The number of fused-ring (bicyclic) bond motifs is 3. The predicted octanol–water partition coefficient (Wildman–Crippen LogP) is 2.87. The summed E-state index contributed by atoms with van der Waals surface area (Å²) in [4.78, 5) is 15.8. The minimum atomic E-state index is -0.286. The second-order valence-electron chi connectivity index (χ2n) is 6.28. The van der Waals surface area contributed by atoms with Crippen molar-refractivity contribution in [1.82, 2.24) is 10.3 Å². The molecule has 4 N–H and O–H groups in total. The molecule has 0 radical (unpaired) electrons. The number of phenolic OH excluding ortho intramolecular Hbond substituents is 2. The molecule has 1 unspecified atom stereocenters. The molecule has 1 amide bonds. The number of aromatic amines is 1. The summed E-state index contributed by atoms with van der Waals surface area (Å²) in [6, 6.07) is 12.2. The first-order valence-electron chi connectivity index (χ1n) is 8.02. The van der Waals surface area contributed by atoms with Crippen LogP contribution in [0.15, 0.2) is 42.5 Å². The molecule has 2 aromatic carbocycles. The molecule has 1 aliphatic rings. The molecule has 1 atom stereocenters. The number of nitrogens with one attached hydrogen (secondary N) is 2. The molecule has 0 fully saturated rings. The lowest BCUT2D eigenvalue weighted by atomic mass is 9.91. The van der Waals surface area contributed by atoms with Gasteiger partial charge >= 0.3 is 0 Å². The fourth-order valence-corrected chi connectivity index (χ4v) is 3.50. The van der Waals surface area contributed by atoms with E-state index in [4.69, 9.17) is 0 Å². The van der Waals surface area contributed by atoms with Gasteiger partial charge in [-0.2, -0.15) is 0 Å². The highest BCUT2D eigenvalue weighted by molar-refractivity contribution is 5.95. The lowest BCUT2D eigenvalue weighted by Gasteiger charge is -2.23. The average molecular weight is 322 g/mol. The first-order chi connectivity index (χ1) is 11.6. The number of para-hydroxylation sites is 1. The third kappa shape index (κ3) is 2.58. The largest absolute Gasteiger partial charge is 0.508 e. The minimum absolute atomic E-state index is 0.0301. The number of aryl methyl sites for hydroxylation is 1. The summed E-state index contributed by atoms with van der Waals surface area (Å²) in [5.41, 5.74) is 3.90. The van der Waals surface area contributed by atoms with E-state index in [2.05, 4.69) is 22.4 Å². The van der Waals surface area contributed by atoms with Crippen molar-refractivity contribution in [3.63, 3.8) is 0 Å². The van der Waals surface area contributed by atoms with Crippen molar-refractivity contribution in [3.8, 4) is 11.5 Å². The number of hydrogen-bond acceptors (Lipinski definition) is 3. The van der Waals surface area contributed by atoms with Crippen molar-refractivity contribution in [2.75, 3.05) is 0 Å². The van der Waals surface area contributed by atoms with Gasteiger partial charge in [-0.15, -0.1) is 0 Å². The smallest absolute Gasteiger partial charge is 0.251 e. The van der Waals surface area contributed by atoms with Gasteiger partial charge in [-0.25, -0.2) is 0 Å². The molecule has 5 heteroatoms. The maximum Gasteiger partial charge on any atom is 0.251 e. The molecule has 4 rings (SSSR count). The van der Waals surface area contributed by atoms with E-state index in [0.717, 1.165) is 24.8 Å². The van der Waals surface area contributed by atoms with Gasteiger partial charge in [0.05, 0.1) is 0 Å². The van der Waals surface area contributed by atoms with Crippen LogP contribution in [0.2, 0.25) is 0 Å². The lowest BCUT2D eigenvalue weighted by molar-refractivity contribution is 0.0932. The third-order valence-electron chi connectivity index (χ3n) is 4.60. The maximum absolute atomic E-state index is 12.4. The molecule has 0 aliphatic heterocycles. The molecule has 1 aromatic heterocycles. The average Bonchev–Trinajstić information content (AvgIpc) is 2.91. The fourth-order valence-electron chi connectivity index (χ4n) is 3.50. The van der Waals surface area contributed by atoms with Crippen molar-refractivity contribution in [2.24, 2.45) is 0 Å². The number of carbonyl (C=O) groups excluding carboxylic acids is 1. The molecule has 24 heavy (non-hydrogen) atoms. The van der Waals surface area contributed by atoms with Crippen LogP contribution >= 0.6 is 0 Å². The number of benzene rings is 2. The number of hydrogen-bond donors (Lipinski definition) is 4. The number of aromatic nitrogens is 1. The van der Waals surface area contributed by atoms with Crippen LogP contribution in [0.5, 0.6) is 11.5 Å². The fraction of sp³-hybridized carbons (Fsp3) is 0.211. The summed E-state index contributed by atoms with van der Waals surface area (Å²) >= 11 is 0. The standard InChI is InChI=1S/C19H18N2O3/c22-13-7-11(8-14(23)10-13)19(24)20-12-5-6-16-15-3-1-2-4-17(15)21-18(16)9-12/h1-4,7-8,10,12,21-23H,5-6,9H2,(H,20,24). The molecule has 0 saturated heterocycles. The molecule has 122 valence electrons. The van der Waals surface area contributed by atoms with Gasteiger partial charge in [-0.1, -0.05) is 18.2 Å². The van der Waals surface area contributed by atoms with E-state index in [1.54, 1.807) is 0 Å². The van der Waals surface area contributed by atoms with Crippen LogP contribution in [0.1, 0.15) is 28.0 Å². The zero-order valence-corrected chi connectivity index (χ0v) is 13.0. The van der Waals surface area contributed by atoms with Crippen molar-refractivity contribution in [3.05, 3.63) is 59.3 Å². The lowest BCUT2D eigenvalue weighted by Crippen LogP contribution is -2.38. The molecule has 3 aromatic rings. The van der Waals surface area contributed by atoms with Crippen LogP contribution in [-0.2, 0) is 12.8 Å². The molecule has 0 bridgehead atoms. The second kappa shape index (κ2) is 5.60. The van der Waals surface area contributed by atoms with E-state index in [0.29, 0.717) is 0 Å². The highest BCUT2D eigenvalue weighted by Crippen LogP contribution is 2.29. The van der Waals surface area contributed by atoms with Gasteiger partial charge in [0.1, 0.15) is 11.5 Å². The van der Waals surface area contributed by atoms with Gasteiger partial charge in [0.15, 0.2) is 0 Å². The summed E-state index contributed by atoms with van der Waals surface area (Å²) in [5.74, 6) is -0.533. The SMILES string of the molecule is O=C(NC1CCc2c([nH]c3ccccc23)C1)c1cc(O)cc(O)c1. The summed E-state index contributed by atoms with van der Waals surface area (Å²) in [6.07, 6.45) is 2.53. The Morgan fingerprint density at radius 1 is 1.12 bits per heavy atom. The van der Waals surface area contributed by atoms with Gasteiger partial charge in [0.25, 0.3) is 5.91 Å². The topological polar surface area (TPSA) is 85.4 Å². The highest BCUT2D eigenvalue weighted by Gasteiger charge is 2.24. The second-order valence-corrected chi connectivity index (χ2v) is 6.28. The summed E-state index contributed by atoms with van der Waals surface area (Å²) < 4.78 is 0. The maximum atomic E-state index is 12.4. The number of rotatable bonds is 2. The molecule has 0 spiro atoms. The Bertz CT molecular complexity index is 909. The third-order valence-corrected chi connectivity index (χ3v) is 4.60. The number of phenols is 2. The van der Waals surface area contributed by atoms with Crippen LogP contribution in [0.4, 0.5) is 0 Å². The molecular weight excluding hydrogens is 304 g/mol. The zero-order chi connectivity index (χ0) is 16.7.